The average molecular weight is 228 g/mol. The van der Waals surface area contributed by atoms with Gasteiger partial charge >= 0.3 is 11.9 Å². The molecule has 0 aliphatic heterocycles. The highest BCUT2D eigenvalue weighted by molar-refractivity contribution is 5.91. The zero-order valence-electron chi connectivity index (χ0n) is 9.69. The van der Waals surface area contributed by atoms with Crippen molar-refractivity contribution in [3.05, 3.63) is 24.8 Å². The van der Waals surface area contributed by atoms with E-state index in [9.17, 15) is 9.59 Å². The van der Waals surface area contributed by atoms with E-state index in [0.29, 0.717) is 0 Å². The summed E-state index contributed by atoms with van der Waals surface area (Å²) in [4.78, 5) is 31.1. The quantitative estimate of drug-likeness (QED) is 0.235. The maximum absolute atomic E-state index is 11.0. The Labute approximate surface area is 94.6 Å². The number of carbonyl (C=O) groups is 2. The van der Waals surface area contributed by atoms with Crippen LogP contribution in [0.25, 0.3) is 0 Å². The summed E-state index contributed by atoms with van der Waals surface area (Å²) >= 11 is 0. The standard InChI is InChI=1S/C11H16O5/c1-5-8-14-9(12)6-7-10(13)15-16-11(2,3)4/h5-7H,1,8H2,2-4H3/b7-6+. The zero-order chi connectivity index (χ0) is 12.6. The lowest BCUT2D eigenvalue weighted by Crippen LogP contribution is -2.21. The van der Waals surface area contributed by atoms with Gasteiger partial charge in [-0.2, -0.15) is 4.89 Å². The fraction of sp³-hybridized carbons (Fsp3) is 0.455. The van der Waals surface area contributed by atoms with Crippen LogP contribution in [0.15, 0.2) is 24.8 Å². The molecule has 0 spiro atoms. The van der Waals surface area contributed by atoms with Crippen molar-refractivity contribution in [3.63, 3.8) is 0 Å². The second kappa shape index (κ2) is 6.79. The van der Waals surface area contributed by atoms with Gasteiger partial charge in [0.05, 0.1) is 0 Å². The Balaban J connectivity index is 3.91. The largest absolute Gasteiger partial charge is 0.458 e. The first-order valence-electron chi connectivity index (χ1n) is 4.70. The van der Waals surface area contributed by atoms with Gasteiger partial charge in [0.1, 0.15) is 12.2 Å². The second-order valence-electron chi connectivity index (χ2n) is 3.85. The van der Waals surface area contributed by atoms with Crippen molar-refractivity contribution in [2.24, 2.45) is 0 Å². The summed E-state index contributed by atoms with van der Waals surface area (Å²) in [6, 6.07) is 0. The summed E-state index contributed by atoms with van der Waals surface area (Å²) in [7, 11) is 0. The molecule has 0 amide bonds. The molecule has 0 rings (SSSR count). The summed E-state index contributed by atoms with van der Waals surface area (Å²) in [5.74, 6) is -1.42. The van der Waals surface area contributed by atoms with Gasteiger partial charge in [-0.3, -0.25) is 4.89 Å². The van der Waals surface area contributed by atoms with Gasteiger partial charge in [-0.15, -0.1) is 0 Å². The van der Waals surface area contributed by atoms with E-state index in [2.05, 4.69) is 16.2 Å². The van der Waals surface area contributed by atoms with Crippen molar-refractivity contribution in [2.75, 3.05) is 6.61 Å². The molecule has 0 bridgehead atoms. The molecule has 0 unspecified atom stereocenters. The Hall–Kier alpha value is -1.62. The minimum absolute atomic E-state index is 0.0940. The van der Waals surface area contributed by atoms with Gasteiger partial charge in [-0.05, 0) is 20.8 Å². The van der Waals surface area contributed by atoms with Crippen LogP contribution in [0.5, 0.6) is 0 Å². The monoisotopic (exact) mass is 228 g/mol. The minimum Gasteiger partial charge on any atom is -0.458 e. The first-order valence-corrected chi connectivity index (χ1v) is 4.70. The first kappa shape index (κ1) is 14.4. The third-order valence-electron chi connectivity index (χ3n) is 1.07. The van der Waals surface area contributed by atoms with E-state index in [4.69, 9.17) is 4.89 Å². The number of esters is 1. The van der Waals surface area contributed by atoms with Crippen molar-refractivity contribution < 1.29 is 24.1 Å². The molecule has 0 aromatic heterocycles. The van der Waals surface area contributed by atoms with E-state index in [1.165, 1.54) is 6.08 Å². The third-order valence-corrected chi connectivity index (χ3v) is 1.07. The third kappa shape index (κ3) is 8.96. The van der Waals surface area contributed by atoms with E-state index in [1.807, 2.05) is 0 Å². The van der Waals surface area contributed by atoms with Crippen LogP contribution in [0.4, 0.5) is 0 Å². The number of rotatable bonds is 5. The average Bonchev–Trinajstić information content (AvgIpc) is 2.19. The van der Waals surface area contributed by atoms with E-state index < -0.39 is 17.5 Å². The highest BCUT2D eigenvalue weighted by atomic mass is 17.2. The fourth-order valence-corrected chi connectivity index (χ4v) is 0.519. The zero-order valence-corrected chi connectivity index (χ0v) is 9.69. The first-order chi connectivity index (χ1) is 7.35. The van der Waals surface area contributed by atoms with Crippen LogP contribution >= 0.6 is 0 Å². The van der Waals surface area contributed by atoms with E-state index in [1.54, 1.807) is 20.8 Å². The Kier molecular flexibility index (Phi) is 6.10. The van der Waals surface area contributed by atoms with Crippen LogP contribution in [0.3, 0.4) is 0 Å². The van der Waals surface area contributed by atoms with E-state index in [-0.39, 0.29) is 6.61 Å². The maximum Gasteiger partial charge on any atom is 0.366 e. The minimum atomic E-state index is -0.773. The lowest BCUT2D eigenvalue weighted by Gasteiger charge is -2.15. The predicted molar refractivity (Wildman–Crippen MR) is 57.2 cm³/mol. The summed E-state index contributed by atoms with van der Waals surface area (Å²) in [5, 5.41) is 0. The summed E-state index contributed by atoms with van der Waals surface area (Å²) in [6.07, 6.45) is 3.31. The molecule has 0 aromatic carbocycles. The molecule has 0 N–H and O–H groups in total. The summed E-state index contributed by atoms with van der Waals surface area (Å²) in [5.41, 5.74) is -0.590. The van der Waals surface area contributed by atoms with Crippen molar-refractivity contribution in [2.45, 2.75) is 26.4 Å². The lowest BCUT2D eigenvalue weighted by molar-refractivity contribution is -0.316. The Morgan fingerprint density at radius 2 is 1.75 bits per heavy atom. The Bertz CT molecular complexity index is 285. The number of hydrogen-bond acceptors (Lipinski definition) is 5. The van der Waals surface area contributed by atoms with Crippen LogP contribution in [-0.2, 0) is 24.1 Å². The molecule has 5 heteroatoms. The van der Waals surface area contributed by atoms with Crippen LogP contribution in [0, 0.1) is 0 Å². The van der Waals surface area contributed by atoms with Crippen LogP contribution < -0.4 is 0 Å². The topological polar surface area (TPSA) is 61.8 Å². The summed E-state index contributed by atoms with van der Waals surface area (Å²) in [6.45, 7) is 8.64. The van der Waals surface area contributed by atoms with Crippen molar-refractivity contribution in [1.29, 1.82) is 0 Å². The normalized spacial score (nSPS) is 11.2. The maximum atomic E-state index is 11.0. The molecule has 0 aliphatic carbocycles. The molecule has 5 nitrogen and oxygen atoms in total. The SMILES string of the molecule is C=CCOC(=O)/C=C/C(=O)OOC(C)(C)C. The second-order valence-corrected chi connectivity index (χ2v) is 3.85. The molecule has 0 fully saturated rings. The molecule has 0 radical (unpaired) electrons. The summed E-state index contributed by atoms with van der Waals surface area (Å²) < 4.78 is 4.59. The van der Waals surface area contributed by atoms with Crippen LogP contribution in [0.2, 0.25) is 0 Å². The molecule has 0 saturated carbocycles. The molecule has 0 saturated heterocycles. The Morgan fingerprint density at radius 3 is 2.25 bits per heavy atom. The molecular formula is C11H16O5. The lowest BCUT2D eigenvalue weighted by atomic mass is 10.2. The van der Waals surface area contributed by atoms with Crippen LogP contribution in [-0.4, -0.2) is 24.1 Å². The van der Waals surface area contributed by atoms with Crippen molar-refractivity contribution in [3.8, 4) is 0 Å². The Morgan fingerprint density at radius 1 is 1.19 bits per heavy atom. The number of hydrogen-bond donors (Lipinski definition) is 0. The van der Waals surface area contributed by atoms with Crippen molar-refractivity contribution >= 4 is 11.9 Å². The molecule has 90 valence electrons. The molecule has 0 atom stereocenters. The number of ether oxygens (including phenoxy) is 1. The molecule has 0 aliphatic rings. The predicted octanol–water partition coefficient (Wildman–Crippen LogP) is 1.55. The van der Waals surface area contributed by atoms with Crippen LogP contribution in [0.1, 0.15) is 20.8 Å². The van der Waals surface area contributed by atoms with Gasteiger partial charge in [-0.25, -0.2) is 9.59 Å². The van der Waals surface area contributed by atoms with Gasteiger partial charge in [0, 0.05) is 12.2 Å². The van der Waals surface area contributed by atoms with E-state index >= 15 is 0 Å². The van der Waals surface area contributed by atoms with Gasteiger partial charge in [0.25, 0.3) is 0 Å². The molecule has 0 heterocycles. The molecule has 16 heavy (non-hydrogen) atoms. The highest BCUT2D eigenvalue weighted by Crippen LogP contribution is 2.07. The number of carbonyl (C=O) groups excluding carboxylic acids is 2. The van der Waals surface area contributed by atoms with Gasteiger partial charge in [-0.1, -0.05) is 12.7 Å². The fourth-order valence-electron chi connectivity index (χ4n) is 0.519. The molecular weight excluding hydrogens is 212 g/mol. The van der Waals surface area contributed by atoms with E-state index in [0.717, 1.165) is 12.2 Å². The van der Waals surface area contributed by atoms with Gasteiger partial charge in [0.2, 0.25) is 0 Å². The van der Waals surface area contributed by atoms with Gasteiger partial charge in [0.15, 0.2) is 0 Å². The van der Waals surface area contributed by atoms with Crippen molar-refractivity contribution in [1.82, 2.24) is 0 Å². The smallest absolute Gasteiger partial charge is 0.366 e. The highest BCUT2D eigenvalue weighted by Gasteiger charge is 2.14. The molecule has 0 aromatic rings. The van der Waals surface area contributed by atoms with Gasteiger partial charge < -0.3 is 4.74 Å².